The molecule has 0 bridgehead atoms. The zero-order valence-corrected chi connectivity index (χ0v) is 16.1. The van der Waals surface area contributed by atoms with Crippen LogP contribution >= 0.6 is 11.6 Å². The third kappa shape index (κ3) is 3.64. The third-order valence-electron chi connectivity index (χ3n) is 4.51. The molecule has 0 saturated heterocycles. The third-order valence-corrected chi connectivity index (χ3v) is 4.84. The van der Waals surface area contributed by atoms with Crippen LogP contribution in [0, 0.1) is 6.92 Å². The zero-order chi connectivity index (χ0) is 19.5. The van der Waals surface area contributed by atoms with Crippen molar-refractivity contribution in [3.05, 3.63) is 76.6 Å². The first-order valence-electron chi connectivity index (χ1n) is 9.06. The maximum absolute atomic E-state index is 12.5. The molecule has 0 aliphatic carbocycles. The van der Waals surface area contributed by atoms with Gasteiger partial charge in [-0.2, -0.15) is 9.50 Å². The molecule has 0 saturated carbocycles. The van der Waals surface area contributed by atoms with Crippen LogP contribution < -0.4 is 5.32 Å². The number of aryl methyl sites for hydroxylation is 2. The Labute approximate surface area is 167 Å². The highest BCUT2D eigenvalue weighted by molar-refractivity contribution is 6.33. The summed E-state index contributed by atoms with van der Waals surface area (Å²) in [5.74, 6) is 0.682. The summed E-state index contributed by atoms with van der Waals surface area (Å²) in [7, 11) is 0. The first-order valence-corrected chi connectivity index (χ1v) is 9.44. The average molecular weight is 395 g/mol. The number of hydrogen-bond acceptors (Lipinski definition) is 4. The zero-order valence-electron chi connectivity index (χ0n) is 15.4. The fourth-order valence-electron chi connectivity index (χ4n) is 3.03. The van der Waals surface area contributed by atoms with Crippen molar-refractivity contribution in [1.29, 1.82) is 0 Å². The molecule has 0 spiro atoms. The standard InChI is InChI=1S/C21H19ClN4O2/c1-14-18(20(27)23-13-7-10-15-8-3-2-4-9-15)28-21-24-19(25-26(14)21)16-11-5-6-12-17(16)22/h2-6,8-9,11-12H,7,10,13H2,1H3,(H,23,27). The van der Waals surface area contributed by atoms with Crippen molar-refractivity contribution in [1.82, 2.24) is 19.9 Å². The van der Waals surface area contributed by atoms with Gasteiger partial charge >= 0.3 is 5.84 Å². The van der Waals surface area contributed by atoms with Gasteiger partial charge in [-0.15, -0.1) is 5.10 Å². The molecule has 1 N–H and O–H groups in total. The Bertz CT molecular complexity index is 1120. The van der Waals surface area contributed by atoms with Crippen LogP contribution in [0.1, 0.15) is 28.2 Å². The lowest BCUT2D eigenvalue weighted by Crippen LogP contribution is -2.25. The molecular formula is C21H19ClN4O2. The van der Waals surface area contributed by atoms with Crippen LogP contribution in [0.15, 0.2) is 59.0 Å². The second-order valence-corrected chi connectivity index (χ2v) is 6.88. The highest BCUT2D eigenvalue weighted by Crippen LogP contribution is 2.26. The Hall–Kier alpha value is -3.12. The van der Waals surface area contributed by atoms with E-state index in [4.69, 9.17) is 16.0 Å². The number of carbonyl (C=O) groups excluding carboxylic acids is 1. The Morgan fingerprint density at radius 3 is 2.64 bits per heavy atom. The lowest BCUT2D eigenvalue weighted by molar-refractivity contribution is 0.0926. The van der Waals surface area contributed by atoms with E-state index in [9.17, 15) is 4.79 Å². The number of halogens is 1. The average Bonchev–Trinajstić information content (AvgIpc) is 3.26. The number of hydrogen-bond donors (Lipinski definition) is 1. The van der Waals surface area contributed by atoms with Gasteiger partial charge in [-0.05, 0) is 37.5 Å². The number of nitrogens with zero attached hydrogens (tertiary/aromatic N) is 3. The number of rotatable bonds is 6. The quantitative estimate of drug-likeness (QED) is 0.494. The molecule has 0 fully saturated rings. The van der Waals surface area contributed by atoms with Gasteiger partial charge in [0.05, 0.1) is 10.7 Å². The largest absolute Gasteiger partial charge is 0.416 e. The van der Waals surface area contributed by atoms with Crippen molar-refractivity contribution in [2.24, 2.45) is 0 Å². The van der Waals surface area contributed by atoms with Gasteiger partial charge in [0.2, 0.25) is 5.76 Å². The summed E-state index contributed by atoms with van der Waals surface area (Å²) >= 11 is 6.21. The van der Waals surface area contributed by atoms with Gasteiger partial charge < -0.3 is 9.73 Å². The monoisotopic (exact) mass is 394 g/mol. The van der Waals surface area contributed by atoms with Crippen molar-refractivity contribution in [3.8, 4) is 11.4 Å². The van der Waals surface area contributed by atoms with E-state index < -0.39 is 0 Å². The summed E-state index contributed by atoms with van der Waals surface area (Å²) in [4.78, 5) is 16.8. The Morgan fingerprint density at radius 2 is 1.89 bits per heavy atom. The molecule has 2 heterocycles. The van der Waals surface area contributed by atoms with Crippen LogP contribution in [0.5, 0.6) is 0 Å². The fraction of sp³-hybridized carbons (Fsp3) is 0.190. The van der Waals surface area contributed by atoms with E-state index in [1.807, 2.05) is 36.4 Å². The van der Waals surface area contributed by atoms with Crippen molar-refractivity contribution >= 4 is 23.4 Å². The maximum Gasteiger partial charge on any atom is 0.325 e. The van der Waals surface area contributed by atoms with E-state index in [0.29, 0.717) is 23.1 Å². The van der Waals surface area contributed by atoms with E-state index in [1.165, 1.54) is 10.1 Å². The van der Waals surface area contributed by atoms with Crippen LogP contribution in [-0.2, 0) is 6.42 Å². The van der Waals surface area contributed by atoms with Gasteiger partial charge in [0.15, 0.2) is 5.82 Å². The van der Waals surface area contributed by atoms with E-state index in [-0.39, 0.29) is 17.5 Å². The number of carbonyl (C=O) groups is 1. The van der Waals surface area contributed by atoms with Crippen LogP contribution in [-0.4, -0.2) is 27.0 Å². The molecule has 2 aromatic carbocycles. The predicted molar refractivity (Wildman–Crippen MR) is 108 cm³/mol. The van der Waals surface area contributed by atoms with E-state index in [0.717, 1.165) is 18.4 Å². The van der Waals surface area contributed by atoms with Gasteiger partial charge in [0.25, 0.3) is 5.91 Å². The Kier molecular flexibility index (Phi) is 5.12. The number of aromatic nitrogens is 3. The van der Waals surface area contributed by atoms with E-state index >= 15 is 0 Å². The highest BCUT2D eigenvalue weighted by Gasteiger charge is 2.21. The molecule has 142 valence electrons. The van der Waals surface area contributed by atoms with Crippen LogP contribution in [0.25, 0.3) is 17.2 Å². The van der Waals surface area contributed by atoms with Gasteiger partial charge in [-0.1, -0.05) is 54.1 Å². The lowest BCUT2D eigenvalue weighted by Gasteiger charge is -2.04. The van der Waals surface area contributed by atoms with Crippen molar-refractivity contribution in [2.45, 2.75) is 19.8 Å². The summed E-state index contributed by atoms with van der Waals surface area (Å²) in [6.45, 7) is 2.34. The van der Waals surface area contributed by atoms with Crippen LogP contribution in [0.3, 0.4) is 0 Å². The topological polar surface area (TPSA) is 72.4 Å². The fourth-order valence-corrected chi connectivity index (χ4v) is 3.25. The van der Waals surface area contributed by atoms with Crippen molar-refractivity contribution < 1.29 is 9.21 Å². The molecule has 2 aromatic heterocycles. The van der Waals surface area contributed by atoms with Gasteiger partial charge in [-0.25, -0.2) is 0 Å². The molecule has 0 aliphatic heterocycles. The summed E-state index contributed by atoms with van der Waals surface area (Å²) in [6.07, 6.45) is 1.76. The molecule has 0 atom stereocenters. The molecule has 6 nitrogen and oxygen atoms in total. The second-order valence-electron chi connectivity index (χ2n) is 6.47. The van der Waals surface area contributed by atoms with E-state index in [2.05, 4.69) is 27.5 Å². The van der Waals surface area contributed by atoms with E-state index in [1.54, 1.807) is 13.0 Å². The SMILES string of the molecule is Cc1c(C(=O)NCCCc2ccccc2)oc2nc(-c3ccccc3Cl)nn12. The van der Waals surface area contributed by atoms with Crippen molar-refractivity contribution in [3.63, 3.8) is 0 Å². The van der Waals surface area contributed by atoms with Gasteiger partial charge in [0.1, 0.15) is 0 Å². The molecule has 0 unspecified atom stereocenters. The van der Waals surface area contributed by atoms with Crippen molar-refractivity contribution in [2.75, 3.05) is 6.54 Å². The second kappa shape index (κ2) is 7.86. The molecule has 0 radical (unpaired) electrons. The van der Waals surface area contributed by atoms with Crippen LogP contribution in [0.2, 0.25) is 5.02 Å². The molecule has 28 heavy (non-hydrogen) atoms. The minimum Gasteiger partial charge on any atom is -0.416 e. The molecular weight excluding hydrogens is 376 g/mol. The maximum atomic E-state index is 12.5. The van der Waals surface area contributed by atoms with Crippen LogP contribution in [0.4, 0.5) is 0 Å². The minimum absolute atomic E-state index is 0.223. The summed E-state index contributed by atoms with van der Waals surface area (Å²) in [5, 5.41) is 7.88. The molecule has 4 aromatic rings. The predicted octanol–water partition coefficient (Wildman–Crippen LogP) is 4.31. The summed E-state index contributed by atoms with van der Waals surface area (Å²) in [5.41, 5.74) is 2.57. The normalized spacial score (nSPS) is 11.1. The molecule has 1 amide bonds. The number of benzene rings is 2. The molecule has 0 aliphatic rings. The van der Waals surface area contributed by atoms with Gasteiger partial charge in [-0.3, -0.25) is 4.79 Å². The molecule has 7 heteroatoms. The number of fused-ring (bicyclic) bond motifs is 1. The molecule has 4 rings (SSSR count). The first-order chi connectivity index (χ1) is 13.6. The summed E-state index contributed by atoms with van der Waals surface area (Å²) < 4.78 is 7.18. The summed E-state index contributed by atoms with van der Waals surface area (Å²) in [6, 6.07) is 17.5. The highest BCUT2D eigenvalue weighted by atomic mass is 35.5. The first kappa shape index (κ1) is 18.3. The number of nitrogens with one attached hydrogen (secondary N) is 1. The minimum atomic E-state index is -0.267. The smallest absolute Gasteiger partial charge is 0.325 e. The number of oxazole rings is 1. The lowest BCUT2D eigenvalue weighted by atomic mass is 10.1. The number of amides is 1. The Balaban J connectivity index is 1.44. The van der Waals surface area contributed by atoms with Gasteiger partial charge in [0, 0.05) is 12.1 Å². The Morgan fingerprint density at radius 1 is 1.14 bits per heavy atom.